The van der Waals surface area contributed by atoms with Crippen LogP contribution in [0.2, 0.25) is 0 Å². The van der Waals surface area contributed by atoms with Gasteiger partial charge >= 0.3 is 5.97 Å². The van der Waals surface area contributed by atoms with Gasteiger partial charge in [-0.15, -0.1) is 0 Å². The van der Waals surface area contributed by atoms with Gasteiger partial charge in [0.25, 0.3) is 0 Å². The van der Waals surface area contributed by atoms with E-state index in [1.165, 1.54) is 20.3 Å². The van der Waals surface area contributed by atoms with E-state index in [4.69, 9.17) is 4.74 Å². The summed E-state index contributed by atoms with van der Waals surface area (Å²) in [4.78, 5) is 23.2. The van der Waals surface area contributed by atoms with Gasteiger partial charge in [0.2, 0.25) is 5.91 Å². The molecule has 0 unspecified atom stereocenters. The third-order valence-electron chi connectivity index (χ3n) is 2.61. The Balaban J connectivity index is 2.68. The van der Waals surface area contributed by atoms with Gasteiger partial charge in [0.05, 0.1) is 20.6 Å². The summed E-state index contributed by atoms with van der Waals surface area (Å²) < 4.78 is 9.51. The van der Waals surface area contributed by atoms with E-state index in [1.54, 1.807) is 12.1 Å². The fourth-order valence-electron chi connectivity index (χ4n) is 1.58. The molecule has 0 aromatic heterocycles. The molecule has 0 bridgehead atoms. The summed E-state index contributed by atoms with van der Waals surface area (Å²) in [6, 6.07) is 3.82. The Kier molecular flexibility index (Phi) is 6.17. The van der Waals surface area contributed by atoms with Gasteiger partial charge in [-0.2, -0.15) is 12.6 Å². The third kappa shape index (κ3) is 4.34. The number of nitrogens with one attached hydrogen (secondary N) is 1. The van der Waals surface area contributed by atoms with Crippen molar-refractivity contribution in [3.8, 4) is 11.5 Å². The fraction of sp³-hybridized carbons (Fsp3) is 0.385. The Labute approximate surface area is 122 Å². The van der Waals surface area contributed by atoms with E-state index in [0.29, 0.717) is 5.56 Å². The summed E-state index contributed by atoms with van der Waals surface area (Å²) >= 11 is 3.99. The number of ether oxygens (including phenoxy) is 2. The number of hydrogen-bond donors (Lipinski definition) is 3. The number of rotatable bonds is 6. The standard InChI is InChI=1S/C13H17NO5S/c1-18-11-5-8(3-4-10(11)15)6-12(16)14-9(7-20)13(17)19-2/h3-5,9,15,20H,6-7H2,1-2H3,(H,14,16)/t9-/m0/s1. The van der Waals surface area contributed by atoms with Crippen LogP contribution in [0.5, 0.6) is 11.5 Å². The van der Waals surface area contributed by atoms with Crippen molar-refractivity contribution in [2.24, 2.45) is 0 Å². The molecule has 1 amide bonds. The minimum atomic E-state index is -0.783. The molecule has 1 aromatic rings. The monoisotopic (exact) mass is 299 g/mol. The van der Waals surface area contributed by atoms with Crippen molar-refractivity contribution in [2.75, 3.05) is 20.0 Å². The summed E-state index contributed by atoms with van der Waals surface area (Å²) in [6.07, 6.45) is 0.0535. The highest BCUT2D eigenvalue weighted by molar-refractivity contribution is 7.80. The molecular weight excluding hydrogens is 282 g/mol. The Bertz CT molecular complexity index is 492. The molecule has 7 heteroatoms. The van der Waals surface area contributed by atoms with Crippen LogP contribution in [0.4, 0.5) is 0 Å². The molecular formula is C13H17NO5S. The summed E-state index contributed by atoms with van der Waals surface area (Å²) in [5.74, 6) is -0.454. The molecule has 2 N–H and O–H groups in total. The predicted molar refractivity (Wildman–Crippen MR) is 76.2 cm³/mol. The normalized spacial score (nSPS) is 11.6. The molecule has 0 heterocycles. The van der Waals surface area contributed by atoms with Crippen molar-refractivity contribution in [3.63, 3.8) is 0 Å². The average Bonchev–Trinajstić information content (AvgIpc) is 2.45. The molecule has 0 saturated heterocycles. The van der Waals surface area contributed by atoms with Crippen LogP contribution in [0.1, 0.15) is 5.56 Å². The molecule has 0 fully saturated rings. The van der Waals surface area contributed by atoms with Crippen molar-refractivity contribution in [3.05, 3.63) is 23.8 Å². The number of aromatic hydroxyl groups is 1. The number of phenols is 1. The van der Waals surface area contributed by atoms with E-state index in [1.807, 2.05) is 0 Å². The smallest absolute Gasteiger partial charge is 0.329 e. The zero-order valence-electron chi connectivity index (χ0n) is 11.3. The zero-order valence-corrected chi connectivity index (χ0v) is 12.1. The van der Waals surface area contributed by atoms with E-state index < -0.39 is 12.0 Å². The summed E-state index contributed by atoms with van der Waals surface area (Å²) in [5.41, 5.74) is 0.653. The van der Waals surface area contributed by atoms with Gasteiger partial charge in [0, 0.05) is 5.75 Å². The van der Waals surface area contributed by atoms with Crippen LogP contribution in [0.3, 0.4) is 0 Å². The molecule has 1 rings (SSSR count). The van der Waals surface area contributed by atoms with Crippen LogP contribution >= 0.6 is 12.6 Å². The van der Waals surface area contributed by atoms with E-state index in [9.17, 15) is 14.7 Å². The van der Waals surface area contributed by atoms with Crippen LogP contribution < -0.4 is 10.1 Å². The summed E-state index contributed by atoms with van der Waals surface area (Å²) in [6.45, 7) is 0. The second-order valence-corrected chi connectivity index (χ2v) is 4.37. The first-order chi connectivity index (χ1) is 9.51. The maximum absolute atomic E-state index is 11.8. The van der Waals surface area contributed by atoms with Crippen molar-refractivity contribution >= 4 is 24.5 Å². The van der Waals surface area contributed by atoms with Gasteiger partial charge in [-0.25, -0.2) is 4.79 Å². The van der Waals surface area contributed by atoms with Crippen LogP contribution in [0.15, 0.2) is 18.2 Å². The van der Waals surface area contributed by atoms with Gasteiger partial charge < -0.3 is 19.9 Å². The first-order valence-corrected chi connectivity index (χ1v) is 6.49. The minimum absolute atomic E-state index is 0.000506. The first kappa shape index (κ1) is 16.2. The molecule has 1 atom stereocenters. The Morgan fingerprint density at radius 1 is 1.40 bits per heavy atom. The summed E-state index contributed by atoms with van der Waals surface area (Å²) in [5, 5.41) is 12.0. The van der Waals surface area contributed by atoms with E-state index >= 15 is 0 Å². The molecule has 0 spiro atoms. The lowest BCUT2D eigenvalue weighted by Crippen LogP contribution is -2.43. The van der Waals surface area contributed by atoms with Crippen molar-refractivity contribution in [2.45, 2.75) is 12.5 Å². The molecule has 0 aliphatic carbocycles. The lowest BCUT2D eigenvalue weighted by Gasteiger charge is -2.14. The highest BCUT2D eigenvalue weighted by Crippen LogP contribution is 2.26. The number of carbonyl (C=O) groups is 2. The number of esters is 1. The maximum atomic E-state index is 11.8. The second-order valence-electron chi connectivity index (χ2n) is 4.01. The highest BCUT2D eigenvalue weighted by atomic mass is 32.1. The maximum Gasteiger partial charge on any atom is 0.329 e. The highest BCUT2D eigenvalue weighted by Gasteiger charge is 2.19. The predicted octanol–water partition coefficient (Wildman–Crippen LogP) is 0.531. The number of hydrogen-bond acceptors (Lipinski definition) is 6. The first-order valence-electron chi connectivity index (χ1n) is 5.85. The van der Waals surface area contributed by atoms with Gasteiger partial charge in [-0.05, 0) is 17.7 Å². The SMILES string of the molecule is COC(=O)[C@H](CS)NC(=O)Cc1ccc(O)c(OC)c1. The van der Waals surface area contributed by atoms with Crippen LogP contribution in [-0.4, -0.2) is 43.0 Å². The molecule has 1 aromatic carbocycles. The van der Waals surface area contributed by atoms with E-state index in [2.05, 4.69) is 22.7 Å². The van der Waals surface area contributed by atoms with Crippen LogP contribution in [0.25, 0.3) is 0 Å². The Morgan fingerprint density at radius 3 is 2.65 bits per heavy atom. The molecule has 6 nitrogen and oxygen atoms in total. The number of methoxy groups -OCH3 is 2. The van der Waals surface area contributed by atoms with Crippen molar-refractivity contribution in [1.29, 1.82) is 0 Å². The third-order valence-corrected chi connectivity index (χ3v) is 2.98. The van der Waals surface area contributed by atoms with Gasteiger partial charge in [0.15, 0.2) is 11.5 Å². The minimum Gasteiger partial charge on any atom is -0.504 e. The number of thiol groups is 1. The molecule has 0 saturated carbocycles. The molecule has 0 radical (unpaired) electrons. The zero-order chi connectivity index (χ0) is 15.1. The molecule has 110 valence electrons. The second kappa shape index (κ2) is 7.64. The average molecular weight is 299 g/mol. The van der Waals surface area contributed by atoms with Crippen LogP contribution in [-0.2, 0) is 20.7 Å². The topological polar surface area (TPSA) is 84.9 Å². The number of benzene rings is 1. The van der Waals surface area contributed by atoms with Crippen LogP contribution in [0, 0.1) is 0 Å². The summed E-state index contributed by atoms with van der Waals surface area (Å²) in [7, 11) is 2.67. The van der Waals surface area contributed by atoms with Crippen molar-refractivity contribution < 1.29 is 24.2 Å². The van der Waals surface area contributed by atoms with Gasteiger partial charge in [-0.3, -0.25) is 4.79 Å². The fourth-order valence-corrected chi connectivity index (χ4v) is 1.82. The lowest BCUT2D eigenvalue weighted by atomic mass is 10.1. The Hall–Kier alpha value is -1.89. The lowest BCUT2D eigenvalue weighted by molar-refractivity contribution is -0.144. The van der Waals surface area contributed by atoms with Gasteiger partial charge in [0.1, 0.15) is 6.04 Å². The molecule has 0 aliphatic rings. The van der Waals surface area contributed by atoms with E-state index in [0.717, 1.165) is 0 Å². The molecule has 0 aliphatic heterocycles. The number of carbonyl (C=O) groups excluding carboxylic acids is 2. The number of amides is 1. The molecule has 20 heavy (non-hydrogen) atoms. The van der Waals surface area contributed by atoms with E-state index in [-0.39, 0.29) is 29.6 Å². The number of phenolic OH excluding ortho intramolecular Hbond substituents is 1. The Morgan fingerprint density at radius 2 is 2.10 bits per heavy atom. The quantitative estimate of drug-likeness (QED) is 0.527. The largest absolute Gasteiger partial charge is 0.504 e. The van der Waals surface area contributed by atoms with Crippen molar-refractivity contribution in [1.82, 2.24) is 5.32 Å². The van der Waals surface area contributed by atoms with Gasteiger partial charge in [-0.1, -0.05) is 6.07 Å².